The summed E-state index contributed by atoms with van der Waals surface area (Å²) in [5.41, 5.74) is 0.503. The minimum Gasteiger partial charge on any atom is -0.348 e. The van der Waals surface area contributed by atoms with Crippen LogP contribution >= 0.6 is 11.6 Å². The zero-order chi connectivity index (χ0) is 21.5. The number of amides is 1. The number of nitrogens with one attached hydrogen (secondary N) is 1. The van der Waals surface area contributed by atoms with Crippen LogP contribution in [0.5, 0.6) is 0 Å². The first-order chi connectivity index (χ1) is 14.3. The van der Waals surface area contributed by atoms with Gasteiger partial charge in [0, 0.05) is 37.4 Å². The molecule has 0 spiro atoms. The molecule has 0 atom stereocenters. The number of hydrogen-bond acceptors (Lipinski definition) is 4. The molecule has 2 aromatic carbocycles. The highest BCUT2D eigenvalue weighted by atomic mass is 35.5. The second-order valence-electron chi connectivity index (χ2n) is 7.21. The lowest BCUT2D eigenvalue weighted by atomic mass is 10.1. The topological polar surface area (TPSA) is 88.5 Å². The van der Waals surface area contributed by atoms with E-state index in [1.54, 1.807) is 29.8 Å². The van der Waals surface area contributed by atoms with Gasteiger partial charge in [-0.25, -0.2) is 8.42 Å². The number of anilines is 1. The zero-order valence-electron chi connectivity index (χ0n) is 16.3. The van der Waals surface area contributed by atoms with E-state index in [0.717, 1.165) is 12.8 Å². The Morgan fingerprint density at radius 1 is 1.07 bits per heavy atom. The molecule has 156 valence electrons. The molecule has 0 unspecified atom stereocenters. The lowest BCUT2D eigenvalue weighted by Crippen LogP contribution is -2.27. The third kappa shape index (κ3) is 3.62. The number of benzene rings is 2. The molecule has 0 aliphatic carbocycles. The number of halogens is 1. The number of sulfonamides is 1. The maximum absolute atomic E-state index is 12.8. The van der Waals surface area contributed by atoms with Crippen molar-refractivity contribution in [3.8, 4) is 0 Å². The van der Waals surface area contributed by atoms with Crippen LogP contribution in [0, 0.1) is 0 Å². The van der Waals surface area contributed by atoms with E-state index >= 15 is 0 Å². The Morgan fingerprint density at radius 3 is 2.40 bits per heavy atom. The Kier molecular flexibility index (Phi) is 5.40. The van der Waals surface area contributed by atoms with Gasteiger partial charge in [-0.1, -0.05) is 17.7 Å². The summed E-state index contributed by atoms with van der Waals surface area (Å²) in [6, 6.07) is 10.9. The highest BCUT2D eigenvalue weighted by Gasteiger charge is 2.27. The Balaban J connectivity index is 1.60. The quantitative estimate of drug-likeness (QED) is 0.667. The molecule has 30 heavy (non-hydrogen) atoms. The molecule has 7 nitrogen and oxygen atoms in total. The summed E-state index contributed by atoms with van der Waals surface area (Å²) in [6.45, 7) is 1.05. The fourth-order valence-corrected chi connectivity index (χ4v) is 5.49. The number of carbonyl (C=O) groups excluding carboxylic acids is 1. The fourth-order valence-electron chi connectivity index (χ4n) is 3.67. The standard InChI is InChI=1S/C21H20ClN3O4S/c1-24-13-17(20(26)16-5-4-6-18(22)19(16)24)21(27)23-14-7-9-15(10-8-14)30(28,29)25-11-2-3-12-25/h4-10,13H,2-3,11-12H2,1H3,(H,23,27). The van der Waals surface area contributed by atoms with E-state index in [-0.39, 0.29) is 10.5 Å². The molecular formula is C21H20ClN3O4S. The van der Waals surface area contributed by atoms with Crippen LogP contribution in [0.25, 0.3) is 10.9 Å². The number of para-hydroxylation sites is 1. The van der Waals surface area contributed by atoms with Gasteiger partial charge in [-0.3, -0.25) is 9.59 Å². The van der Waals surface area contributed by atoms with E-state index < -0.39 is 21.4 Å². The molecule has 1 amide bonds. The van der Waals surface area contributed by atoms with Gasteiger partial charge in [0.15, 0.2) is 0 Å². The fraction of sp³-hybridized carbons (Fsp3) is 0.238. The van der Waals surface area contributed by atoms with Crippen molar-refractivity contribution in [1.29, 1.82) is 0 Å². The molecule has 3 aromatic rings. The van der Waals surface area contributed by atoms with Crippen molar-refractivity contribution in [2.24, 2.45) is 7.05 Å². The Labute approximate surface area is 178 Å². The van der Waals surface area contributed by atoms with Gasteiger partial charge in [0.05, 0.1) is 15.4 Å². The second kappa shape index (κ2) is 7.86. The molecule has 0 saturated carbocycles. The molecule has 0 radical (unpaired) electrons. The number of rotatable bonds is 4. The normalized spacial score (nSPS) is 14.9. The first-order valence-electron chi connectivity index (χ1n) is 9.48. The summed E-state index contributed by atoms with van der Waals surface area (Å²) >= 11 is 6.18. The summed E-state index contributed by atoms with van der Waals surface area (Å²) in [4.78, 5) is 25.7. The van der Waals surface area contributed by atoms with Crippen LogP contribution in [0.4, 0.5) is 5.69 Å². The van der Waals surface area contributed by atoms with Gasteiger partial charge < -0.3 is 9.88 Å². The smallest absolute Gasteiger partial charge is 0.261 e. The van der Waals surface area contributed by atoms with Gasteiger partial charge in [-0.05, 0) is 49.2 Å². The van der Waals surface area contributed by atoms with Crippen LogP contribution in [-0.4, -0.2) is 36.3 Å². The number of carbonyl (C=O) groups is 1. The Morgan fingerprint density at radius 2 is 1.73 bits per heavy atom. The maximum atomic E-state index is 12.8. The van der Waals surface area contributed by atoms with Crippen LogP contribution in [0.3, 0.4) is 0 Å². The highest BCUT2D eigenvalue weighted by Crippen LogP contribution is 2.23. The monoisotopic (exact) mass is 445 g/mol. The Hall–Kier alpha value is -2.68. The summed E-state index contributed by atoms with van der Waals surface area (Å²) in [7, 11) is -1.81. The van der Waals surface area contributed by atoms with E-state index in [4.69, 9.17) is 11.6 Å². The molecule has 1 aliphatic rings. The molecule has 1 aromatic heterocycles. The van der Waals surface area contributed by atoms with Crippen LogP contribution in [-0.2, 0) is 17.1 Å². The van der Waals surface area contributed by atoms with Crippen LogP contribution in [0.15, 0.2) is 58.4 Å². The molecule has 1 fully saturated rings. The van der Waals surface area contributed by atoms with E-state index in [1.807, 2.05) is 0 Å². The summed E-state index contributed by atoms with van der Waals surface area (Å²) < 4.78 is 28.3. The van der Waals surface area contributed by atoms with Gasteiger partial charge in [0.25, 0.3) is 5.91 Å². The van der Waals surface area contributed by atoms with Crippen molar-refractivity contribution < 1.29 is 13.2 Å². The van der Waals surface area contributed by atoms with Crippen LogP contribution < -0.4 is 10.7 Å². The summed E-state index contributed by atoms with van der Waals surface area (Å²) in [5, 5.41) is 3.44. The minimum atomic E-state index is -3.52. The number of aromatic nitrogens is 1. The van der Waals surface area contributed by atoms with Crippen molar-refractivity contribution >= 4 is 44.1 Å². The third-order valence-electron chi connectivity index (χ3n) is 5.21. The molecular weight excluding hydrogens is 426 g/mol. The van der Waals surface area contributed by atoms with Crippen molar-refractivity contribution in [2.45, 2.75) is 17.7 Å². The average Bonchev–Trinajstić information content (AvgIpc) is 3.27. The number of hydrogen-bond donors (Lipinski definition) is 1. The first kappa shape index (κ1) is 20.6. The zero-order valence-corrected chi connectivity index (χ0v) is 17.8. The summed E-state index contributed by atoms with van der Waals surface area (Å²) in [6.07, 6.45) is 3.16. The van der Waals surface area contributed by atoms with Crippen molar-refractivity contribution in [2.75, 3.05) is 18.4 Å². The molecule has 1 saturated heterocycles. The predicted octanol–water partition coefficient (Wildman–Crippen LogP) is 3.23. The number of pyridine rings is 1. The number of fused-ring (bicyclic) bond motifs is 1. The SMILES string of the molecule is Cn1cc(C(=O)Nc2ccc(S(=O)(=O)N3CCCC3)cc2)c(=O)c2cccc(Cl)c21. The van der Waals surface area contributed by atoms with Gasteiger partial charge in [0.1, 0.15) is 5.56 Å². The van der Waals surface area contributed by atoms with E-state index in [2.05, 4.69) is 5.32 Å². The number of aryl methyl sites for hydroxylation is 1. The van der Waals surface area contributed by atoms with E-state index in [0.29, 0.717) is 34.7 Å². The molecule has 1 N–H and O–H groups in total. The third-order valence-corrected chi connectivity index (χ3v) is 7.43. The molecule has 9 heteroatoms. The van der Waals surface area contributed by atoms with Crippen LogP contribution in [0.2, 0.25) is 5.02 Å². The van der Waals surface area contributed by atoms with Gasteiger partial charge >= 0.3 is 0 Å². The number of nitrogens with zero attached hydrogens (tertiary/aromatic N) is 2. The molecule has 2 heterocycles. The van der Waals surface area contributed by atoms with E-state index in [9.17, 15) is 18.0 Å². The second-order valence-corrected chi connectivity index (χ2v) is 9.55. The molecule has 0 bridgehead atoms. The predicted molar refractivity (Wildman–Crippen MR) is 117 cm³/mol. The van der Waals surface area contributed by atoms with Crippen molar-refractivity contribution in [3.63, 3.8) is 0 Å². The molecule has 4 rings (SSSR count). The van der Waals surface area contributed by atoms with Gasteiger partial charge in [-0.15, -0.1) is 0 Å². The average molecular weight is 446 g/mol. The highest BCUT2D eigenvalue weighted by molar-refractivity contribution is 7.89. The molecule has 1 aliphatic heterocycles. The maximum Gasteiger partial charge on any atom is 0.261 e. The van der Waals surface area contributed by atoms with Gasteiger partial charge in [-0.2, -0.15) is 4.31 Å². The minimum absolute atomic E-state index is 0.0268. The summed E-state index contributed by atoms with van der Waals surface area (Å²) in [5.74, 6) is -0.576. The largest absolute Gasteiger partial charge is 0.348 e. The van der Waals surface area contributed by atoms with Crippen molar-refractivity contribution in [1.82, 2.24) is 8.87 Å². The van der Waals surface area contributed by atoms with Crippen LogP contribution in [0.1, 0.15) is 23.2 Å². The van der Waals surface area contributed by atoms with E-state index in [1.165, 1.54) is 34.8 Å². The lowest BCUT2D eigenvalue weighted by molar-refractivity contribution is 0.102. The lowest BCUT2D eigenvalue weighted by Gasteiger charge is -2.15. The van der Waals surface area contributed by atoms with Gasteiger partial charge in [0.2, 0.25) is 15.5 Å². The Bertz CT molecular complexity index is 1290. The first-order valence-corrected chi connectivity index (χ1v) is 11.3. The van der Waals surface area contributed by atoms with Crippen molar-refractivity contribution in [3.05, 3.63) is 69.5 Å².